The van der Waals surface area contributed by atoms with Crippen LogP contribution < -0.4 is 4.74 Å². The number of fused-ring (bicyclic) bond motifs is 1. The van der Waals surface area contributed by atoms with Gasteiger partial charge in [-0.3, -0.25) is 4.79 Å². The van der Waals surface area contributed by atoms with Gasteiger partial charge < -0.3 is 14.7 Å². The summed E-state index contributed by atoms with van der Waals surface area (Å²) >= 11 is 1.32. The third-order valence-electron chi connectivity index (χ3n) is 5.09. The zero-order chi connectivity index (χ0) is 21.3. The summed E-state index contributed by atoms with van der Waals surface area (Å²) in [5.41, 5.74) is 2.81. The summed E-state index contributed by atoms with van der Waals surface area (Å²) in [4.78, 5) is 27.4. The number of ether oxygens (including phenoxy) is 1. The molecule has 4 rings (SSSR count). The third kappa shape index (κ3) is 4.24. The molecule has 7 nitrogen and oxygen atoms in total. The smallest absolute Gasteiger partial charge is 0.388 e. The number of aliphatic hydroxyl groups excluding tert-OH is 1. The quantitative estimate of drug-likeness (QED) is 0.661. The molecule has 3 aromatic rings. The first-order valence-electron chi connectivity index (χ1n) is 9.53. The largest absolute Gasteiger partial charge is 0.415 e. The molecule has 0 bridgehead atoms. The molecule has 0 spiro atoms. The summed E-state index contributed by atoms with van der Waals surface area (Å²) in [5.74, 6) is -0.142. The molecular formula is C20H20F2N4O3S. The normalized spacial score (nSPS) is 15.2. The van der Waals surface area contributed by atoms with Crippen LogP contribution in [0.5, 0.6) is 5.88 Å². The topological polar surface area (TPSA) is 88.4 Å². The van der Waals surface area contributed by atoms with Crippen LogP contribution in [0.1, 0.15) is 28.9 Å². The lowest BCUT2D eigenvalue weighted by molar-refractivity contribution is -0.0528. The fraction of sp³-hybridized carbons (Fsp3) is 0.400. The number of alkyl halides is 2. The second-order valence-corrected chi connectivity index (χ2v) is 8.08. The van der Waals surface area contributed by atoms with Crippen molar-refractivity contribution >= 4 is 28.3 Å². The van der Waals surface area contributed by atoms with E-state index in [1.54, 1.807) is 16.3 Å². The van der Waals surface area contributed by atoms with E-state index in [2.05, 4.69) is 19.7 Å². The van der Waals surface area contributed by atoms with Crippen LogP contribution in [0.3, 0.4) is 0 Å². The van der Waals surface area contributed by atoms with Crippen molar-refractivity contribution in [3.05, 3.63) is 35.0 Å². The van der Waals surface area contributed by atoms with Gasteiger partial charge in [0.1, 0.15) is 10.7 Å². The number of rotatable bonds is 5. The molecule has 1 N–H and O–H groups in total. The number of hydrogen-bond donors (Lipinski definition) is 1. The Kier molecular flexibility index (Phi) is 5.87. The molecule has 1 aromatic carbocycles. The molecule has 1 fully saturated rings. The zero-order valence-corrected chi connectivity index (χ0v) is 17.0. The van der Waals surface area contributed by atoms with E-state index in [9.17, 15) is 18.7 Å². The van der Waals surface area contributed by atoms with Gasteiger partial charge in [-0.15, -0.1) is 11.3 Å². The molecule has 0 atom stereocenters. The highest BCUT2D eigenvalue weighted by molar-refractivity contribution is 7.13. The van der Waals surface area contributed by atoms with E-state index in [0.29, 0.717) is 40.4 Å². The average molecular weight is 434 g/mol. The first-order chi connectivity index (χ1) is 14.4. The number of likely N-dealkylation sites (tertiary alicyclic amines) is 1. The number of aromatic nitrogens is 3. The molecule has 0 unspecified atom stereocenters. The minimum atomic E-state index is -2.98. The maximum atomic E-state index is 12.8. The minimum Gasteiger partial charge on any atom is -0.415 e. The Morgan fingerprint density at radius 1 is 1.33 bits per heavy atom. The lowest BCUT2D eigenvalue weighted by atomic mass is 9.98. The zero-order valence-electron chi connectivity index (χ0n) is 16.2. The van der Waals surface area contributed by atoms with Crippen molar-refractivity contribution in [3.8, 4) is 16.5 Å². The number of thiazole rings is 1. The number of piperidine rings is 1. The van der Waals surface area contributed by atoms with E-state index >= 15 is 0 Å². The Hall–Kier alpha value is -2.72. The molecule has 1 amide bonds. The van der Waals surface area contributed by atoms with Crippen molar-refractivity contribution in [2.24, 2.45) is 5.92 Å². The Morgan fingerprint density at radius 2 is 2.10 bits per heavy atom. The number of benzene rings is 1. The molecule has 0 radical (unpaired) electrons. The first kappa shape index (κ1) is 20.5. The summed E-state index contributed by atoms with van der Waals surface area (Å²) in [5, 5.41) is 11.6. The van der Waals surface area contributed by atoms with Gasteiger partial charge in [-0.2, -0.15) is 8.78 Å². The Labute approximate surface area is 175 Å². The molecule has 2 aromatic heterocycles. The number of carbonyl (C=O) groups excluding carboxylic acids is 1. The van der Waals surface area contributed by atoms with Crippen LogP contribution >= 0.6 is 11.3 Å². The summed E-state index contributed by atoms with van der Waals surface area (Å²) in [6.07, 6.45) is 2.71. The predicted octanol–water partition coefficient (Wildman–Crippen LogP) is 3.51. The molecule has 10 heteroatoms. The Bertz CT molecular complexity index is 1070. The fourth-order valence-corrected chi connectivity index (χ4v) is 4.35. The van der Waals surface area contributed by atoms with Crippen LogP contribution in [0.15, 0.2) is 23.7 Å². The van der Waals surface area contributed by atoms with Gasteiger partial charge in [0.15, 0.2) is 0 Å². The number of halogens is 2. The standard InChI is InChI=1S/C20H20F2N4O3S/c1-11-6-13(17-14(7-11)24-16(8-23-17)29-20(21)22)18-25-15(10-30-18)19(28)26-4-2-12(9-27)3-5-26/h6-8,10,12,20,27H,2-5,9H2,1H3. The summed E-state index contributed by atoms with van der Waals surface area (Å²) in [6, 6.07) is 3.61. The van der Waals surface area contributed by atoms with Crippen LogP contribution in [-0.4, -0.2) is 57.2 Å². The van der Waals surface area contributed by atoms with Crippen LogP contribution in [0.2, 0.25) is 0 Å². The molecule has 30 heavy (non-hydrogen) atoms. The van der Waals surface area contributed by atoms with Gasteiger partial charge in [-0.1, -0.05) is 0 Å². The number of amides is 1. The fourth-order valence-electron chi connectivity index (χ4n) is 3.54. The van der Waals surface area contributed by atoms with Gasteiger partial charge in [-0.25, -0.2) is 15.0 Å². The van der Waals surface area contributed by atoms with Crippen molar-refractivity contribution < 1.29 is 23.4 Å². The molecular weight excluding hydrogens is 414 g/mol. The first-order valence-corrected chi connectivity index (χ1v) is 10.4. The molecule has 158 valence electrons. The van der Waals surface area contributed by atoms with Gasteiger partial charge in [0, 0.05) is 30.6 Å². The van der Waals surface area contributed by atoms with Crippen molar-refractivity contribution in [1.29, 1.82) is 0 Å². The second kappa shape index (κ2) is 8.57. The van der Waals surface area contributed by atoms with E-state index in [1.807, 2.05) is 13.0 Å². The number of aliphatic hydroxyl groups is 1. The number of carbonyl (C=O) groups is 1. The Morgan fingerprint density at radius 3 is 2.80 bits per heavy atom. The van der Waals surface area contributed by atoms with Crippen LogP contribution in [0.25, 0.3) is 21.6 Å². The highest BCUT2D eigenvalue weighted by atomic mass is 32.1. The minimum absolute atomic E-state index is 0.135. The second-order valence-electron chi connectivity index (χ2n) is 7.22. The van der Waals surface area contributed by atoms with Gasteiger partial charge in [-0.05, 0) is 43.4 Å². The average Bonchev–Trinajstić information content (AvgIpc) is 3.22. The summed E-state index contributed by atoms with van der Waals surface area (Å²) < 4.78 is 29.3. The maximum absolute atomic E-state index is 12.8. The predicted molar refractivity (Wildman–Crippen MR) is 108 cm³/mol. The van der Waals surface area contributed by atoms with E-state index in [4.69, 9.17) is 0 Å². The monoisotopic (exact) mass is 434 g/mol. The Balaban J connectivity index is 1.62. The lowest BCUT2D eigenvalue weighted by Gasteiger charge is -2.30. The van der Waals surface area contributed by atoms with Gasteiger partial charge >= 0.3 is 6.61 Å². The molecule has 1 aliphatic rings. The molecule has 0 saturated carbocycles. The molecule has 1 aliphatic heterocycles. The van der Waals surface area contributed by atoms with E-state index in [1.165, 1.54) is 11.3 Å². The van der Waals surface area contributed by atoms with Crippen LogP contribution in [0, 0.1) is 12.8 Å². The lowest BCUT2D eigenvalue weighted by Crippen LogP contribution is -2.39. The van der Waals surface area contributed by atoms with Crippen molar-refractivity contribution in [2.75, 3.05) is 19.7 Å². The summed E-state index contributed by atoms with van der Waals surface area (Å²) in [7, 11) is 0. The summed E-state index contributed by atoms with van der Waals surface area (Å²) in [6.45, 7) is 0.228. The van der Waals surface area contributed by atoms with E-state index in [0.717, 1.165) is 24.6 Å². The number of aryl methyl sites for hydroxylation is 1. The van der Waals surface area contributed by atoms with Crippen molar-refractivity contribution in [2.45, 2.75) is 26.4 Å². The van der Waals surface area contributed by atoms with E-state index < -0.39 is 6.61 Å². The number of hydrogen-bond acceptors (Lipinski definition) is 7. The molecule has 3 heterocycles. The number of nitrogens with zero attached hydrogens (tertiary/aromatic N) is 4. The van der Waals surface area contributed by atoms with Crippen molar-refractivity contribution in [3.63, 3.8) is 0 Å². The van der Waals surface area contributed by atoms with E-state index in [-0.39, 0.29) is 24.3 Å². The van der Waals surface area contributed by atoms with Gasteiger partial charge in [0.05, 0.1) is 17.2 Å². The molecule has 1 saturated heterocycles. The third-order valence-corrected chi connectivity index (χ3v) is 5.97. The van der Waals surface area contributed by atoms with Crippen LogP contribution in [0.4, 0.5) is 8.78 Å². The maximum Gasteiger partial charge on any atom is 0.388 e. The van der Waals surface area contributed by atoms with Crippen LogP contribution in [-0.2, 0) is 0 Å². The highest BCUT2D eigenvalue weighted by Crippen LogP contribution is 2.32. The van der Waals surface area contributed by atoms with Gasteiger partial charge in [0.2, 0.25) is 5.88 Å². The van der Waals surface area contributed by atoms with Crippen molar-refractivity contribution in [1.82, 2.24) is 19.9 Å². The molecule has 0 aliphatic carbocycles. The highest BCUT2D eigenvalue weighted by Gasteiger charge is 2.25. The van der Waals surface area contributed by atoms with Gasteiger partial charge in [0.25, 0.3) is 5.91 Å². The SMILES string of the molecule is Cc1cc(-c2nc(C(=O)N3CCC(CO)CC3)cs2)c2ncc(OC(F)F)nc2c1.